The van der Waals surface area contributed by atoms with Crippen molar-refractivity contribution in [1.82, 2.24) is 0 Å². The number of anilines is 1. The number of halogens is 1. The van der Waals surface area contributed by atoms with Gasteiger partial charge in [-0.25, -0.2) is 0 Å². The van der Waals surface area contributed by atoms with Crippen molar-refractivity contribution in [1.29, 1.82) is 5.26 Å². The van der Waals surface area contributed by atoms with Gasteiger partial charge >= 0.3 is 0 Å². The second kappa shape index (κ2) is 10.7. The van der Waals surface area contributed by atoms with Crippen molar-refractivity contribution in [2.75, 3.05) is 5.32 Å². The lowest BCUT2D eigenvalue weighted by atomic mass is 10.1. The van der Waals surface area contributed by atoms with Crippen LogP contribution in [0.4, 0.5) is 5.69 Å². The molecule has 0 fully saturated rings. The topological polar surface area (TPSA) is 62.1 Å². The standard InChI is InChI=1S/C27H25ClN2O2/c1-4-22-7-5-6-8-25(22)30-27(31)23(16-29)14-20-11-12-26(24(28)15-20)32-17-21-10-9-18(2)19(3)13-21/h5-15H,4,17H2,1-3H3,(H,30,31)/b23-14+. The minimum absolute atomic E-state index is 0.00392. The van der Waals surface area contributed by atoms with E-state index in [-0.39, 0.29) is 5.57 Å². The minimum atomic E-state index is -0.459. The van der Waals surface area contributed by atoms with Crippen LogP contribution in [0.1, 0.15) is 34.7 Å². The van der Waals surface area contributed by atoms with E-state index in [2.05, 4.69) is 31.3 Å². The normalized spacial score (nSPS) is 11.0. The number of ether oxygens (including phenoxy) is 1. The molecule has 0 saturated carbocycles. The number of amides is 1. The third kappa shape index (κ3) is 5.78. The van der Waals surface area contributed by atoms with Gasteiger partial charge in [0.15, 0.2) is 0 Å². The molecule has 0 atom stereocenters. The number of carbonyl (C=O) groups excluding carboxylic acids is 1. The molecule has 0 heterocycles. The molecule has 0 aliphatic carbocycles. The van der Waals surface area contributed by atoms with Gasteiger partial charge in [-0.1, -0.05) is 61.0 Å². The SMILES string of the molecule is CCc1ccccc1NC(=O)/C(C#N)=C/c1ccc(OCc2ccc(C)c(C)c2)c(Cl)c1. The first-order valence-corrected chi connectivity index (χ1v) is 10.8. The molecular formula is C27H25ClN2O2. The zero-order valence-corrected chi connectivity index (χ0v) is 19.2. The maximum Gasteiger partial charge on any atom is 0.266 e. The maximum atomic E-state index is 12.6. The summed E-state index contributed by atoms with van der Waals surface area (Å²) in [5.74, 6) is 0.0847. The Hall–Kier alpha value is -3.55. The molecule has 0 saturated heterocycles. The smallest absolute Gasteiger partial charge is 0.266 e. The van der Waals surface area contributed by atoms with Gasteiger partial charge in [0.05, 0.1) is 5.02 Å². The summed E-state index contributed by atoms with van der Waals surface area (Å²) in [6.45, 7) is 6.55. The molecule has 0 spiro atoms. The number of rotatable bonds is 7. The first-order valence-electron chi connectivity index (χ1n) is 10.4. The van der Waals surface area contributed by atoms with Crippen LogP contribution in [0.2, 0.25) is 5.02 Å². The number of nitriles is 1. The van der Waals surface area contributed by atoms with Crippen LogP contribution in [0.3, 0.4) is 0 Å². The van der Waals surface area contributed by atoms with E-state index in [1.54, 1.807) is 18.2 Å². The number of hydrogen-bond acceptors (Lipinski definition) is 3. The van der Waals surface area contributed by atoms with E-state index in [9.17, 15) is 10.1 Å². The molecule has 0 unspecified atom stereocenters. The summed E-state index contributed by atoms with van der Waals surface area (Å²) in [6.07, 6.45) is 2.30. The molecule has 3 aromatic rings. The Kier molecular flexibility index (Phi) is 7.70. The number of benzene rings is 3. The van der Waals surface area contributed by atoms with Crippen molar-refractivity contribution in [2.24, 2.45) is 0 Å². The highest BCUT2D eigenvalue weighted by atomic mass is 35.5. The van der Waals surface area contributed by atoms with E-state index in [0.717, 1.165) is 17.5 Å². The molecule has 1 amide bonds. The number of hydrogen-bond donors (Lipinski definition) is 1. The number of para-hydroxylation sites is 1. The van der Waals surface area contributed by atoms with Gasteiger partial charge in [0.25, 0.3) is 5.91 Å². The molecule has 0 bridgehead atoms. The number of nitrogens with one attached hydrogen (secondary N) is 1. The lowest BCUT2D eigenvalue weighted by molar-refractivity contribution is -0.112. The number of nitrogens with zero attached hydrogens (tertiary/aromatic N) is 1. The van der Waals surface area contributed by atoms with Crippen molar-refractivity contribution in [2.45, 2.75) is 33.8 Å². The molecule has 32 heavy (non-hydrogen) atoms. The Bertz CT molecular complexity index is 1210. The summed E-state index contributed by atoms with van der Waals surface area (Å²) in [6, 6.07) is 20.9. The molecule has 3 aromatic carbocycles. The first kappa shape index (κ1) is 23.1. The van der Waals surface area contributed by atoms with Crippen molar-refractivity contribution in [3.63, 3.8) is 0 Å². The zero-order chi connectivity index (χ0) is 23.1. The van der Waals surface area contributed by atoms with Gasteiger partial charge in [-0.05, 0) is 72.4 Å². The molecule has 4 nitrogen and oxygen atoms in total. The van der Waals surface area contributed by atoms with Gasteiger partial charge < -0.3 is 10.1 Å². The summed E-state index contributed by atoms with van der Waals surface area (Å²) in [7, 11) is 0. The second-order valence-corrected chi connectivity index (χ2v) is 7.94. The molecular weight excluding hydrogens is 420 g/mol. The predicted molar refractivity (Wildman–Crippen MR) is 130 cm³/mol. The Balaban J connectivity index is 1.72. The Labute approximate surface area is 194 Å². The average molecular weight is 445 g/mol. The molecule has 3 rings (SSSR count). The molecule has 0 aromatic heterocycles. The largest absolute Gasteiger partial charge is 0.487 e. The molecule has 162 valence electrons. The van der Waals surface area contributed by atoms with Gasteiger partial charge in [0, 0.05) is 5.69 Å². The van der Waals surface area contributed by atoms with E-state index >= 15 is 0 Å². The lowest BCUT2D eigenvalue weighted by Gasteiger charge is -2.11. The zero-order valence-electron chi connectivity index (χ0n) is 18.4. The van der Waals surface area contributed by atoms with Crippen LogP contribution in [0, 0.1) is 25.2 Å². The van der Waals surface area contributed by atoms with E-state index in [0.29, 0.717) is 28.6 Å². The second-order valence-electron chi connectivity index (χ2n) is 7.53. The van der Waals surface area contributed by atoms with Crippen molar-refractivity contribution in [3.05, 3.63) is 99.1 Å². The van der Waals surface area contributed by atoms with E-state index in [1.807, 2.05) is 43.3 Å². The number of carbonyl (C=O) groups is 1. The van der Waals surface area contributed by atoms with Crippen molar-refractivity contribution >= 4 is 29.3 Å². The van der Waals surface area contributed by atoms with Crippen molar-refractivity contribution < 1.29 is 9.53 Å². The first-order chi connectivity index (χ1) is 15.4. The summed E-state index contributed by atoms with van der Waals surface area (Å²) in [4.78, 5) is 12.6. The van der Waals surface area contributed by atoms with Gasteiger partial charge in [-0.2, -0.15) is 5.26 Å². The van der Waals surface area contributed by atoms with E-state index < -0.39 is 5.91 Å². The number of aryl methyl sites for hydroxylation is 3. The maximum absolute atomic E-state index is 12.6. The van der Waals surface area contributed by atoms with Gasteiger partial charge in [0.1, 0.15) is 24.0 Å². The Morgan fingerprint density at radius 2 is 1.88 bits per heavy atom. The summed E-state index contributed by atoms with van der Waals surface area (Å²) in [5, 5.41) is 12.7. The van der Waals surface area contributed by atoms with Crippen LogP contribution < -0.4 is 10.1 Å². The fourth-order valence-electron chi connectivity index (χ4n) is 3.23. The quantitative estimate of drug-likeness (QED) is 0.328. The lowest BCUT2D eigenvalue weighted by Crippen LogP contribution is -2.14. The van der Waals surface area contributed by atoms with Gasteiger partial charge in [-0.3, -0.25) is 4.79 Å². The van der Waals surface area contributed by atoms with Crippen LogP contribution in [0.5, 0.6) is 5.75 Å². The Morgan fingerprint density at radius 3 is 2.56 bits per heavy atom. The molecule has 0 aliphatic rings. The van der Waals surface area contributed by atoms with Crippen LogP contribution in [0.15, 0.2) is 66.2 Å². The molecule has 0 aliphatic heterocycles. The minimum Gasteiger partial charge on any atom is -0.487 e. The van der Waals surface area contributed by atoms with Gasteiger partial charge in [0.2, 0.25) is 0 Å². The van der Waals surface area contributed by atoms with Crippen LogP contribution in [-0.4, -0.2) is 5.91 Å². The van der Waals surface area contributed by atoms with E-state index in [4.69, 9.17) is 16.3 Å². The fourth-order valence-corrected chi connectivity index (χ4v) is 3.48. The van der Waals surface area contributed by atoms with Crippen LogP contribution in [0.25, 0.3) is 6.08 Å². The highest BCUT2D eigenvalue weighted by molar-refractivity contribution is 6.32. The van der Waals surface area contributed by atoms with Crippen LogP contribution in [-0.2, 0) is 17.8 Å². The third-order valence-corrected chi connectivity index (χ3v) is 5.54. The van der Waals surface area contributed by atoms with Crippen LogP contribution >= 0.6 is 11.6 Å². The molecule has 5 heteroatoms. The summed E-state index contributed by atoms with van der Waals surface area (Å²) < 4.78 is 5.86. The molecule has 0 radical (unpaired) electrons. The van der Waals surface area contributed by atoms with E-state index in [1.165, 1.54) is 17.2 Å². The third-order valence-electron chi connectivity index (χ3n) is 5.24. The Morgan fingerprint density at radius 1 is 1.09 bits per heavy atom. The summed E-state index contributed by atoms with van der Waals surface area (Å²) >= 11 is 6.39. The highest BCUT2D eigenvalue weighted by Crippen LogP contribution is 2.28. The highest BCUT2D eigenvalue weighted by Gasteiger charge is 2.12. The monoisotopic (exact) mass is 444 g/mol. The molecule has 1 N–H and O–H groups in total. The fraction of sp³-hybridized carbons (Fsp3) is 0.185. The van der Waals surface area contributed by atoms with Gasteiger partial charge in [-0.15, -0.1) is 0 Å². The average Bonchev–Trinajstić information content (AvgIpc) is 2.79. The van der Waals surface area contributed by atoms with Crippen molar-refractivity contribution in [3.8, 4) is 11.8 Å². The predicted octanol–water partition coefficient (Wildman–Crippen LogP) is 6.64. The summed E-state index contributed by atoms with van der Waals surface area (Å²) in [5.41, 5.74) is 5.85.